The molecule has 1 unspecified atom stereocenters. The van der Waals surface area contributed by atoms with E-state index in [0.29, 0.717) is 0 Å². The number of carbonyl (C=O) groups excluding carboxylic acids is 1. The van der Waals surface area contributed by atoms with Gasteiger partial charge in [0, 0.05) is 6.54 Å². The number of aliphatic carboxylic acids is 1. The number of rotatable bonds is 6. The number of benzene rings is 1. The molecule has 7 nitrogen and oxygen atoms in total. The summed E-state index contributed by atoms with van der Waals surface area (Å²) in [5.74, 6) is -3.34. The third-order valence-corrected chi connectivity index (χ3v) is 4.14. The molecule has 110 valence electrons. The molecule has 0 aliphatic carbocycles. The van der Waals surface area contributed by atoms with Gasteiger partial charge in [-0.3, -0.25) is 9.59 Å². The minimum Gasteiger partial charge on any atom is -0.481 e. The number of amides is 1. The topological polar surface area (TPSA) is 113 Å². The first-order valence-corrected chi connectivity index (χ1v) is 7.40. The number of para-hydroxylation sites is 1. The highest BCUT2D eigenvalue weighted by atomic mass is 32.2. The third-order valence-electron chi connectivity index (χ3n) is 2.53. The fraction of sp³-hybridized carbons (Fsp3) is 0.333. The summed E-state index contributed by atoms with van der Waals surface area (Å²) < 4.78 is 26.2. The molecule has 3 N–H and O–H groups in total. The summed E-state index contributed by atoms with van der Waals surface area (Å²) in [5.41, 5.74) is 0.0477. The average molecular weight is 300 g/mol. The van der Waals surface area contributed by atoms with Crippen LogP contribution in [-0.4, -0.2) is 31.9 Å². The zero-order valence-electron chi connectivity index (χ0n) is 11.1. The molecule has 0 saturated carbocycles. The summed E-state index contributed by atoms with van der Waals surface area (Å²) >= 11 is 0. The summed E-state index contributed by atoms with van der Waals surface area (Å²) in [6.07, 6.45) is 0. The van der Waals surface area contributed by atoms with Crippen molar-refractivity contribution in [3.05, 3.63) is 24.3 Å². The molecule has 8 heteroatoms. The van der Waals surface area contributed by atoms with Crippen LogP contribution in [0.4, 0.5) is 5.69 Å². The Morgan fingerprint density at radius 2 is 1.90 bits per heavy atom. The lowest BCUT2D eigenvalue weighted by atomic mass is 10.1. The van der Waals surface area contributed by atoms with Crippen LogP contribution in [0.25, 0.3) is 0 Å². The molecule has 0 aliphatic heterocycles. The lowest BCUT2D eigenvalue weighted by Gasteiger charge is -2.13. The van der Waals surface area contributed by atoms with Crippen LogP contribution < -0.4 is 10.0 Å². The Bertz CT molecular complexity index is 612. The van der Waals surface area contributed by atoms with Crippen LogP contribution in [0.15, 0.2) is 29.2 Å². The quantitative estimate of drug-likeness (QED) is 0.667. The summed E-state index contributed by atoms with van der Waals surface area (Å²) in [4.78, 5) is 22.3. The Morgan fingerprint density at radius 3 is 2.45 bits per heavy atom. The zero-order valence-corrected chi connectivity index (χ0v) is 11.9. The molecule has 1 aromatic carbocycles. The van der Waals surface area contributed by atoms with Crippen molar-refractivity contribution in [1.82, 2.24) is 4.72 Å². The normalized spacial score (nSPS) is 12.7. The molecular formula is C12H16N2O5S. The number of hydrogen-bond acceptors (Lipinski definition) is 4. The number of sulfonamides is 1. The van der Waals surface area contributed by atoms with Gasteiger partial charge >= 0.3 is 5.97 Å². The fourth-order valence-electron chi connectivity index (χ4n) is 1.43. The highest BCUT2D eigenvalue weighted by molar-refractivity contribution is 7.89. The van der Waals surface area contributed by atoms with Crippen molar-refractivity contribution in [2.75, 3.05) is 11.9 Å². The number of carbonyl (C=O) groups is 2. The van der Waals surface area contributed by atoms with Crippen molar-refractivity contribution in [3.63, 3.8) is 0 Å². The second kappa shape index (κ2) is 6.49. The predicted molar refractivity (Wildman–Crippen MR) is 72.7 cm³/mol. The van der Waals surface area contributed by atoms with Gasteiger partial charge in [0.25, 0.3) is 0 Å². The van der Waals surface area contributed by atoms with E-state index in [1.165, 1.54) is 25.1 Å². The van der Waals surface area contributed by atoms with E-state index in [0.717, 1.165) is 0 Å². The van der Waals surface area contributed by atoms with Gasteiger partial charge in [-0.25, -0.2) is 13.1 Å². The Morgan fingerprint density at radius 1 is 1.30 bits per heavy atom. The van der Waals surface area contributed by atoms with Gasteiger partial charge < -0.3 is 10.4 Å². The first-order chi connectivity index (χ1) is 9.29. The van der Waals surface area contributed by atoms with Crippen molar-refractivity contribution in [2.24, 2.45) is 5.92 Å². The van der Waals surface area contributed by atoms with Gasteiger partial charge in [0.1, 0.15) is 10.8 Å². The number of carboxylic acids is 1. The Hall–Kier alpha value is -1.93. The predicted octanol–water partition coefficient (Wildman–Crippen LogP) is 0.644. The smallest absolute Gasteiger partial charge is 0.315 e. The van der Waals surface area contributed by atoms with Crippen LogP contribution in [0.2, 0.25) is 0 Å². The highest BCUT2D eigenvalue weighted by Gasteiger charge is 2.23. The molecule has 0 aromatic heterocycles. The van der Waals surface area contributed by atoms with Gasteiger partial charge in [0.05, 0.1) is 5.69 Å². The SMILES string of the molecule is CCNS(=O)(=O)c1ccccc1NC(=O)C(C)C(=O)O. The lowest BCUT2D eigenvalue weighted by Crippen LogP contribution is -2.29. The van der Waals surface area contributed by atoms with Crippen LogP contribution >= 0.6 is 0 Å². The van der Waals surface area contributed by atoms with E-state index in [1.54, 1.807) is 13.0 Å². The van der Waals surface area contributed by atoms with Crippen LogP contribution in [0, 0.1) is 5.92 Å². The zero-order chi connectivity index (χ0) is 15.3. The fourth-order valence-corrected chi connectivity index (χ4v) is 2.63. The maximum Gasteiger partial charge on any atom is 0.315 e. The lowest BCUT2D eigenvalue weighted by molar-refractivity contribution is -0.144. The Labute approximate surface area is 117 Å². The molecule has 0 heterocycles. The Balaban J connectivity index is 3.09. The van der Waals surface area contributed by atoms with Crippen molar-refractivity contribution < 1.29 is 23.1 Å². The summed E-state index contributed by atoms with van der Waals surface area (Å²) in [5, 5.41) is 11.1. The van der Waals surface area contributed by atoms with Crippen LogP contribution in [0.3, 0.4) is 0 Å². The van der Waals surface area contributed by atoms with Gasteiger partial charge in [-0.2, -0.15) is 0 Å². The Kier molecular flexibility index (Phi) is 5.23. The van der Waals surface area contributed by atoms with Crippen LogP contribution in [0.5, 0.6) is 0 Å². The second-order valence-electron chi connectivity index (χ2n) is 4.05. The molecule has 0 saturated heterocycles. The molecule has 0 bridgehead atoms. The van der Waals surface area contributed by atoms with Gasteiger partial charge in [0.2, 0.25) is 15.9 Å². The first-order valence-electron chi connectivity index (χ1n) is 5.92. The molecule has 0 spiro atoms. The standard InChI is InChI=1S/C12H16N2O5S/c1-3-13-20(18,19)10-7-5-4-6-9(10)14-11(15)8(2)12(16)17/h4-8,13H,3H2,1-2H3,(H,14,15)(H,16,17). The molecule has 1 atom stereocenters. The van der Waals surface area contributed by atoms with Crippen molar-refractivity contribution in [2.45, 2.75) is 18.7 Å². The van der Waals surface area contributed by atoms with E-state index in [1.807, 2.05) is 0 Å². The number of carboxylic acid groups (broad SMARTS) is 1. The first kappa shape index (κ1) is 16.1. The maximum absolute atomic E-state index is 12.0. The molecule has 0 aliphatic rings. The minimum atomic E-state index is -3.74. The van der Waals surface area contributed by atoms with Gasteiger partial charge in [-0.15, -0.1) is 0 Å². The number of hydrogen-bond donors (Lipinski definition) is 3. The van der Waals surface area contributed by atoms with E-state index in [9.17, 15) is 18.0 Å². The highest BCUT2D eigenvalue weighted by Crippen LogP contribution is 2.21. The van der Waals surface area contributed by atoms with Crippen LogP contribution in [-0.2, 0) is 19.6 Å². The molecule has 1 amide bonds. The molecule has 0 radical (unpaired) electrons. The largest absolute Gasteiger partial charge is 0.481 e. The van der Waals surface area contributed by atoms with E-state index in [-0.39, 0.29) is 17.1 Å². The minimum absolute atomic E-state index is 0.0477. The summed E-state index contributed by atoms with van der Waals surface area (Å²) in [6.45, 7) is 3.06. The molecule has 1 rings (SSSR count). The third kappa shape index (κ3) is 3.78. The summed E-state index contributed by atoms with van der Waals surface area (Å²) in [7, 11) is -3.74. The van der Waals surface area contributed by atoms with E-state index in [4.69, 9.17) is 5.11 Å². The molecular weight excluding hydrogens is 284 g/mol. The van der Waals surface area contributed by atoms with Crippen molar-refractivity contribution in [1.29, 1.82) is 0 Å². The van der Waals surface area contributed by atoms with Crippen LogP contribution in [0.1, 0.15) is 13.8 Å². The van der Waals surface area contributed by atoms with E-state index in [2.05, 4.69) is 10.0 Å². The van der Waals surface area contributed by atoms with E-state index < -0.39 is 27.8 Å². The second-order valence-corrected chi connectivity index (χ2v) is 5.78. The number of nitrogens with one attached hydrogen (secondary N) is 2. The molecule has 1 aromatic rings. The molecule has 0 fully saturated rings. The van der Waals surface area contributed by atoms with Crippen molar-refractivity contribution >= 4 is 27.6 Å². The monoisotopic (exact) mass is 300 g/mol. The summed E-state index contributed by atoms with van der Waals surface area (Å²) in [6, 6.07) is 5.79. The maximum atomic E-state index is 12.0. The van der Waals surface area contributed by atoms with Crippen molar-refractivity contribution in [3.8, 4) is 0 Å². The molecule has 20 heavy (non-hydrogen) atoms. The average Bonchev–Trinajstić information content (AvgIpc) is 2.38. The van der Waals surface area contributed by atoms with Gasteiger partial charge in [-0.1, -0.05) is 19.1 Å². The van der Waals surface area contributed by atoms with E-state index >= 15 is 0 Å². The van der Waals surface area contributed by atoms with Gasteiger partial charge in [0.15, 0.2) is 0 Å². The number of anilines is 1. The van der Waals surface area contributed by atoms with Gasteiger partial charge in [-0.05, 0) is 19.1 Å².